The number of nitrogens with zero attached hydrogens (tertiary/aromatic N) is 2. The van der Waals surface area contributed by atoms with Crippen molar-refractivity contribution in [1.82, 2.24) is 4.90 Å². The second kappa shape index (κ2) is 8.31. The Morgan fingerprint density at radius 3 is 2.64 bits per heavy atom. The molecule has 0 aromatic heterocycles. The van der Waals surface area contributed by atoms with Gasteiger partial charge in [0, 0.05) is 19.2 Å². The molecule has 7 nitrogen and oxygen atoms in total. The summed E-state index contributed by atoms with van der Waals surface area (Å²) in [6, 6.07) is 11.3. The molecule has 1 aliphatic heterocycles. The van der Waals surface area contributed by atoms with E-state index in [0.29, 0.717) is 12.2 Å². The molecule has 0 fully saturated rings. The third-order valence-electron chi connectivity index (χ3n) is 4.38. The van der Waals surface area contributed by atoms with Gasteiger partial charge >= 0.3 is 5.97 Å². The summed E-state index contributed by atoms with van der Waals surface area (Å²) >= 11 is 6.12. The molecule has 1 aliphatic rings. The lowest BCUT2D eigenvalue weighted by molar-refractivity contribution is -0.143. The van der Waals surface area contributed by atoms with Crippen molar-refractivity contribution in [3.05, 3.63) is 58.6 Å². The monoisotopic (exact) mass is 402 g/mol. The Morgan fingerprint density at radius 1 is 1.18 bits per heavy atom. The van der Waals surface area contributed by atoms with Gasteiger partial charge in [-0.05, 0) is 29.8 Å². The highest BCUT2D eigenvalue weighted by Gasteiger charge is 2.30. The van der Waals surface area contributed by atoms with E-state index in [9.17, 15) is 19.5 Å². The Hall–Kier alpha value is -3.06. The smallest absolute Gasteiger partial charge is 0.302 e. The third kappa shape index (κ3) is 4.26. The zero-order valence-corrected chi connectivity index (χ0v) is 16.0. The molecule has 0 unspecified atom stereocenters. The first-order chi connectivity index (χ1) is 13.4. The van der Waals surface area contributed by atoms with Gasteiger partial charge in [-0.2, -0.15) is 0 Å². The fourth-order valence-electron chi connectivity index (χ4n) is 3.03. The quantitative estimate of drug-likeness (QED) is 0.794. The third-order valence-corrected chi connectivity index (χ3v) is 4.70. The Morgan fingerprint density at radius 2 is 1.93 bits per heavy atom. The first-order valence-electron chi connectivity index (χ1n) is 8.66. The van der Waals surface area contributed by atoms with E-state index in [2.05, 4.69) is 0 Å². The maximum absolute atomic E-state index is 13.1. The predicted octanol–water partition coefficient (Wildman–Crippen LogP) is 2.60. The molecule has 146 valence electrons. The van der Waals surface area contributed by atoms with Crippen molar-refractivity contribution in [1.29, 1.82) is 0 Å². The van der Waals surface area contributed by atoms with E-state index in [1.807, 2.05) is 12.1 Å². The van der Waals surface area contributed by atoms with Crippen LogP contribution in [0.5, 0.6) is 5.75 Å². The maximum Gasteiger partial charge on any atom is 0.302 e. The van der Waals surface area contributed by atoms with E-state index in [1.165, 1.54) is 30.0 Å². The number of benzene rings is 2. The molecule has 0 saturated carbocycles. The second-order valence-electron chi connectivity index (χ2n) is 6.34. The topological polar surface area (TPSA) is 87.2 Å². The number of amides is 2. The number of phenolic OH excluding ortho intramolecular Hbond substituents is 1. The van der Waals surface area contributed by atoms with Crippen molar-refractivity contribution < 1.29 is 24.2 Å². The zero-order valence-electron chi connectivity index (χ0n) is 15.2. The van der Waals surface area contributed by atoms with Crippen LogP contribution in [0.3, 0.4) is 0 Å². The van der Waals surface area contributed by atoms with Gasteiger partial charge in [0.05, 0.1) is 17.1 Å². The number of hydrogen-bond acceptors (Lipinski definition) is 5. The van der Waals surface area contributed by atoms with Crippen LogP contribution in [0.2, 0.25) is 5.02 Å². The molecule has 0 aliphatic carbocycles. The highest BCUT2D eigenvalue weighted by molar-refractivity contribution is 6.34. The lowest BCUT2D eigenvalue weighted by Crippen LogP contribution is -2.41. The fraction of sp³-hybridized carbons (Fsp3) is 0.250. The SMILES string of the molecule is CC(=O)OCCN1Cc2ccccc2N(C(=O)c2ccc(O)cc2Cl)CC1=O. The molecule has 3 rings (SSSR count). The lowest BCUT2D eigenvalue weighted by atomic mass is 10.1. The minimum absolute atomic E-state index is 0.0504. The summed E-state index contributed by atoms with van der Waals surface area (Å²) in [4.78, 5) is 39.8. The van der Waals surface area contributed by atoms with Crippen LogP contribution in [0.1, 0.15) is 22.8 Å². The van der Waals surface area contributed by atoms with Gasteiger partial charge in [0.25, 0.3) is 5.91 Å². The van der Waals surface area contributed by atoms with Crippen LogP contribution in [0, 0.1) is 0 Å². The number of ether oxygens (including phenoxy) is 1. The van der Waals surface area contributed by atoms with Gasteiger partial charge in [-0.25, -0.2) is 0 Å². The average Bonchev–Trinajstić information content (AvgIpc) is 2.78. The summed E-state index contributed by atoms with van der Waals surface area (Å²) in [6.45, 7) is 1.74. The first kappa shape index (κ1) is 19.7. The highest BCUT2D eigenvalue weighted by Crippen LogP contribution is 2.29. The molecule has 28 heavy (non-hydrogen) atoms. The van der Waals surface area contributed by atoms with Gasteiger partial charge in [-0.15, -0.1) is 0 Å². The van der Waals surface area contributed by atoms with Gasteiger partial charge in [0.2, 0.25) is 5.91 Å². The van der Waals surface area contributed by atoms with E-state index in [-0.39, 0.29) is 41.9 Å². The van der Waals surface area contributed by atoms with E-state index in [0.717, 1.165) is 5.56 Å². The molecule has 2 amide bonds. The Kier molecular flexibility index (Phi) is 5.84. The lowest BCUT2D eigenvalue weighted by Gasteiger charge is -2.23. The second-order valence-corrected chi connectivity index (χ2v) is 6.75. The minimum atomic E-state index is -0.437. The number of fused-ring (bicyclic) bond motifs is 1. The largest absolute Gasteiger partial charge is 0.508 e. The molecular weight excluding hydrogens is 384 g/mol. The molecule has 0 bridgehead atoms. The number of phenols is 1. The number of halogens is 1. The van der Waals surface area contributed by atoms with Gasteiger partial charge < -0.3 is 14.7 Å². The number of aromatic hydroxyl groups is 1. The Labute approximate surface area is 167 Å². The van der Waals surface area contributed by atoms with Crippen molar-refractivity contribution in [3.8, 4) is 5.75 Å². The standard InChI is InChI=1S/C20H19ClN2O5/c1-13(24)28-9-8-22-11-14-4-2-3-5-18(14)23(12-19(22)26)20(27)16-7-6-15(25)10-17(16)21/h2-7,10,25H,8-9,11-12H2,1H3. The average molecular weight is 403 g/mol. The van der Waals surface area contributed by atoms with Crippen LogP contribution >= 0.6 is 11.6 Å². The van der Waals surface area contributed by atoms with Gasteiger partial charge in [-0.1, -0.05) is 29.8 Å². The van der Waals surface area contributed by atoms with Crippen LogP contribution in [-0.4, -0.2) is 47.5 Å². The molecular formula is C20H19ClN2O5. The predicted molar refractivity (Wildman–Crippen MR) is 103 cm³/mol. The number of esters is 1. The molecule has 0 atom stereocenters. The maximum atomic E-state index is 13.1. The van der Waals surface area contributed by atoms with E-state index in [1.54, 1.807) is 17.0 Å². The summed E-state index contributed by atoms with van der Waals surface area (Å²) < 4.78 is 4.94. The van der Waals surface area contributed by atoms with Crippen LogP contribution in [-0.2, 0) is 20.9 Å². The Bertz CT molecular complexity index is 931. The normalized spacial score (nSPS) is 13.7. The summed E-state index contributed by atoms with van der Waals surface area (Å²) in [7, 11) is 0. The molecule has 0 spiro atoms. The number of carbonyl (C=O) groups excluding carboxylic acids is 3. The number of rotatable bonds is 4. The van der Waals surface area contributed by atoms with E-state index < -0.39 is 11.9 Å². The summed E-state index contributed by atoms with van der Waals surface area (Å²) in [5.74, 6) is -1.17. The molecule has 1 heterocycles. The van der Waals surface area contributed by atoms with Crippen molar-refractivity contribution in [2.24, 2.45) is 0 Å². The molecule has 1 N–H and O–H groups in total. The van der Waals surface area contributed by atoms with Gasteiger partial charge in [-0.3, -0.25) is 19.3 Å². The zero-order chi connectivity index (χ0) is 20.3. The van der Waals surface area contributed by atoms with Crippen LogP contribution in [0.4, 0.5) is 5.69 Å². The number of carbonyl (C=O) groups is 3. The number of anilines is 1. The molecule has 8 heteroatoms. The van der Waals surface area contributed by atoms with Crippen molar-refractivity contribution in [3.63, 3.8) is 0 Å². The number of hydrogen-bond donors (Lipinski definition) is 1. The van der Waals surface area contributed by atoms with Crippen molar-refractivity contribution in [2.75, 3.05) is 24.6 Å². The van der Waals surface area contributed by atoms with Gasteiger partial charge in [0.15, 0.2) is 0 Å². The van der Waals surface area contributed by atoms with Crippen LogP contribution in [0.15, 0.2) is 42.5 Å². The van der Waals surface area contributed by atoms with Crippen LogP contribution in [0.25, 0.3) is 0 Å². The van der Waals surface area contributed by atoms with Gasteiger partial charge in [0.1, 0.15) is 18.9 Å². The first-order valence-corrected chi connectivity index (χ1v) is 9.04. The number of para-hydroxylation sites is 1. The Balaban J connectivity index is 1.91. The van der Waals surface area contributed by atoms with Crippen molar-refractivity contribution >= 4 is 35.1 Å². The molecule has 2 aromatic carbocycles. The van der Waals surface area contributed by atoms with Crippen molar-refractivity contribution in [2.45, 2.75) is 13.5 Å². The van der Waals surface area contributed by atoms with Crippen LogP contribution < -0.4 is 4.90 Å². The summed E-state index contributed by atoms with van der Waals surface area (Å²) in [5.41, 5.74) is 1.59. The van der Waals surface area contributed by atoms with E-state index >= 15 is 0 Å². The molecule has 0 radical (unpaired) electrons. The minimum Gasteiger partial charge on any atom is -0.508 e. The highest BCUT2D eigenvalue weighted by atomic mass is 35.5. The fourth-order valence-corrected chi connectivity index (χ4v) is 3.29. The van der Waals surface area contributed by atoms with E-state index in [4.69, 9.17) is 16.3 Å². The molecule has 0 saturated heterocycles. The summed E-state index contributed by atoms with van der Waals surface area (Å²) in [5, 5.41) is 9.63. The molecule has 2 aromatic rings. The summed E-state index contributed by atoms with van der Waals surface area (Å²) in [6.07, 6.45) is 0.